The number of aromatic nitrogens is 3. The predicted octanol–water partition coefficient (Wildman–Crippen LogP) is 12.4. The highest BCUT2D eigenvalue weighted by Crippen LogP contribution is 2.43. The summed E-state index contributed by atoms with van der Waals surface area (Å²) in [7, 11) is 0. The molecule has 0 atom stereocenters. The smallest absolute Gasteiger partial charge is 0.164 e. The molecule has 0 aliphatic heterocycles. The monoisotopic (exact) mass is 651 g/mol. The quantitative estimate of drug-likeness (QED) is 0.174. The van der Waals surface area contributed by atoms with Gasteiger partial charge in [-0.3, -0.25) is 0 Å². The molecule has 4 heteroatoms. The topological polar surface area (TPSA) is 51.8 Å². The van der Waals surface area contributed by atoms with E-state index in [1.54, 1.807) is 0 Å². The molecule has 0 radical (unpaired) electrons. The Morgan fingerprint density at radius 1 is 0.333 bits per heavy atom. The molecule has 4 nitrogen and oxygen atoms in total. The lowest BCUT2D eigenvalue weighted by Gasteiger charge is -2.14. The molecule has 0 bridgehead atoms. The van der Waals surface area contributed by atoms with Crippen LogP contribution < -0.4 is 0 Å². The van der Waals surface area contributed by atoms with Gasteiger partial charge >= 0.3 is 0 Å². The van der Waals surface area contributed by atoms with Gasteiger partial charge in [0.2, 0.25) is 0 Å². The third-order valence-corrected chi connectivity index (χ3v) is 9.74. The van der Waals surface area contributed by atoms with Gasteiger partial charge in [-0.2, -0.15) is 0 Å². The van der Waals surface area contributed by atoms with E-state index >= 15 is 0 Å². The first-order chi connectivity index (χ1) is 25.3. The van der Waals surface area contributed by atoms with Gasteiger partial charge in [0.15, 0.2) is 17.5 Å². The van der Waals surface area contributed by atoms with Crippen LogP contribution in [0.25, 0.3) is 99.9 Å². The largest absolute Gasteiger partial charge is 0.456 e. The van der Waals surface area contributed by atoms with Crippen LogP contribution in [-0.2, 0) is 0 Å². The Morgan fingerprint density at radius 2 is 0.902 bits per heavy atom. The number of para-hydroxylation sites is 1. The van der Waals surface area contributed by atoms with Crippen molar-refractivity contribution in [2.75, 3.05) is 0 Å². The molecule has 0 amide bonds. The number of nitrogens with zero attached hydrogens (tertiary/aromatic N) is 3. The average Bonchev–Trinajstić information content (AvgIpc) is 3.60. The number of hydrogen-bond acceptors (Lipinski definition) is 4. The molecule has 0 spiro atoms. The molecule has 0 saturated heterocycles. The van der Waals surface area contributed by atoms with Gasteiger partial charge < -0.3 is 4.42 Å². The summed E-state index contributed by atoms with van der Waals surface area (Å²) in [6.45, 7) is 0. The van der Waals surface area contributed by atoms with Crippen molar-refractivity contribution in [3.8, 4) is 56.4 Å². The summed E-state index contributed by atoms with van der Waals surface area (Å²) in [4.78, 5) is 15.2. The highest BCUT2D eigenvalue weighted by atomic mass is 16.3. The number of furan rings is 1. The molecule has 0 aliphatic carbocycles. The van der Waals surface area contributed by atoms with Crippen molar-refractivity contribution in [1.82, 2.24) is 15.0 Å². The minimum atomic E-state index is 0.607. The first kappa shape index (κ1) is 29.0. The van der Waals surface area contributed by atoms with Gasteiger partial charge in [-0.15, -0.1) is 0 Å². The fourth-order valence-corrected chi connectivity index (χ4v) is 7.25. The Morgan fingerprint density at radius 3 is 1.65 bits per heavy atom. The molecular weight excluding hydrogens is 623 g/mol. The summed E-state index contributed by atoms with van der Waals surface area (Å²) >= 11 is 0. The molecule has 238 valence electrons. The van der Waals surface area contributed by atoms with Crippen LogP contribution in [0.4, 0.5) is 0 Å². The Kier molecular flexibility index (Phi) is 6.78. The molecule has 0 aliphatic rings. The second-order valence-electron chi connectivity index (χ2n) is 12.8. The van der Waals surface area contributed by atoms with Gasteiger partial charge in [0.1, 0.15) is 11.2 Å². The molecule has 0 fully saturated rings. The summed E-state index contributed by atoms with van der Waals surface area (Å²) in [6.07, 6.45) is 0. The number of hydrogen-bond donors (Lipinski definition) is 0. The van der Waals surface area contributed by atoms with Crippen LogP contribution in [0.2, 0.25) is 0 Å². The van der Waals surface area contributed by atoms with E-state index in [1.165, 1.54) is 27.1 Å². The number of fused-ring (bicyclic) bond motifs is 6. The molecule has 10 rings (SSSR count). The first-order valence-electron chi connectivity index (χ1n) is 17.1. The van der Waals surface area contributed by atoms with Crippen molar-refractivity contribution in [3.63, 3.8) is 0 Å². The molecular formula is C47H29N3O. The van der Waals surface area contributed by atoms with Gasteiger partial charge in [0.05, 0.1) is 0 Å². The van der Waals surface area contributed by atoms with Crippen LogP contribution in [0.3, 0.4) is 0 Å². The van der Waals surface area contributed by atoms with E-state index in [2.05, 4.69) is 97.1 Å². The fourth-order valence-electron chi connectivity index (χ4n) is 7.25. The lowest BCUT2D eigenvalue weighted by Crippen LogP contribution is -2.01. The molecule has 0 saturated carbocycles. The summed E-state index contributed by atoms with van der Waals surface area (Å²) in [5.41, 5.74) is 8.85. The minimum Gasteiger partial charge on any atom is -0.456 e. The molecule has 10 aromatic rings. The van der Waals surface area contributed by atoms with Crippen molar-refractivity contribution in [2.45, 2.75) is 0 Å². The minimum absolute atomic E-state index is 0.607. The van der Waals surface area contributed by atoms with Crippen LogP contribution >= 0.6 is 0 Å². The van der Waals surface area contributed by atoms with Crippen LogP contribution in [0.1, 0.15) is 0 Å². The van der Waals surface area contributed by atoms with Crippen LogP contribution in [-0.4, -0.2) is 15.0 Å². The summed E-state index contributed by atoms with van der Waals surface area (Å²) in [5, 5.41) is 7.11. The Hall–Kier alpha value is -6.91. The highest BCUT2D eigenvalue weighted by molar-refractivity contribution is 6.15. The van der Waals surface area contributed by atoms with Gasteiger partial charge in [-0.1, -0.05) is 152 Å². The third-order valence-electron chi connectivity index (χ3n) is 9.74. The van der Waals surface area contributed by atoms with E-state index in [1.807, 2.05) is 78.9 Å². The van der Waals surface area contributed by atoms with Crippen molar-refractivity contribution >= 4 is 43.5 Å². The predicted molar refractivity (Wildman–Crippen MR) is 209 cm³/mol. The summed E-state index contributed by atoms with van der Waals surface area (Å²) in [5.74, 6) is 1.86. The normalized spacial score (nSPS) is 11.5. The summed E-state index contributed by atoms with van der Waals surface area (Å²) < 4.78 is 6.40. The van der Waals surface area contributed by atoms with Crippen LogP contribution in [0, 0.1) is 0 Å². The van der Waals surface area contributed by atoms with E-state index in [0.717, 1.165) is 55.3 Å². The second kappa shape index (κ2) is 11.9. The maximum atomic E-state index is 6.40. The van der Waals surface area contributed by atoms with Gasteiger partial charge in [-0.25, -0.2) is 15.0 Å². The third kappa shape index (κ3) is 5.04. The van der Waals surface area contributed by atoms with Crippen molar-refractivity contribution < 1.29 is 4.42 Å². The van der Waals surface area contributed by atoms with Crippen LogP contribution in [0.15, 0.2) is 180 Å². The Balaban J connectivity index is 1.17. The molecule has 2 aromatic heterocycles. The standard InChI is InChI=1S/C47H29N3O/c1-3-12-33(13-4-1)45-48-46(34-14-5-2-6-15-34)50-47(49-45)40-27-28-42-44(39-17-9-10-18-41(39)51-42)43(40)32-22-19-30(20-23-32)35-25-26-38-36(29-35)24-21-31-11-7-8-16-37(31)38/h1-29H. The molecule has 0 N–H and O–H groups in total. The maximum absolute atomic E-state index is 6.40. The molecule has 51 heavy (non-hydrogen) atoms. The van der Waals surface area contributed by atoms with Crippen molar-refractivity contribution in [1.29, 1.82) is 0 Å². The van der Waals surface area contributed by atoms with Crippen molar-refractivity contribution in [2.24, 2.45) is 0 Å². The Bertz CT molecular complexity index is 2840. The maximum Gasteiger partial charge on any atom is 0.164 e. The second-order valence-corrected chi connectivity index (χ2v) is 12.8. The van der Waals surface area contributed by atoms with E-state index < -0.39 is 0 Å². The molecule has 8 aromatic carbocycles. The fraction of sp³-hybridized carbons (Fsp3) is 0. The molecule has 2 heterocycles. The Labute approximate surface area is 294 Å². The first-order valence-corrected chi connectivity index (χ1v) is 17.1. The van der Waals surface area contributed by atoms with Gasteiger partial charge in [0.25, 0.3) is 0 Å². The summed E-state index contributed by atoms with van der Waals surface area (Å²) in [6, 6.07) is 61.1. The van der Waals surface area contributed by atoms with E-state index in [9.17, 15) is 0 Å². The van der Waals surface area contributed by atoms with Gasteiger partial charge in [0, 0.05) is 33.0 Å². The van der Waals surface area contributed by atoms with E-state index in [-0.39, 0.29) is 0 Å². The van der Waals surface area contributed by atoms with Crippen LogP contribution in [0.5, 0.6) is 0 Å². The van der Waals surface area contributed by atoms with Crippen molar-refractivity contribution in [3.05, 3.63) is 176 Å². The van der Waals surface area contributed by atoms with E-state index in [0.29, 0.717) is 17.5 Å². The zero-order chi connectivity index (χ0) is 33.7. The SMILES string of the molecule is c1ccc(-c2nc(-c3ccccc3)nc(-c3ccc4oc5ccccc5c4c3-c3ccc(-c4ccc5c(ccc6ccccc65)c4)cc3)n2)cc1. The zero-order valence-electron chi connectivity index (χ0n) is 27.5. The number of benzene rings is 8. The average molecular weight is 652 g/mol. The zero-order valence-corrected chi connectivity index (χ0v) is 27.5. The highest BCUT2D eigenvalue weighted by Gasteiger charge is 2.21. The lowest BCUT2D eigenvalue weighted by molar-refractivity contribution is 0.669. The van der Waals surface area contributed by atoms with E-state index in [4.69, 9.17) is 19.4 Å². The van der Waals surface area contributed by atoms with Gasteiger partial charge in [-0.05, 0) is 62.5 Å². The molecule has 0 unspecified atom stereocenters. The lowest BCUT2D eigenvalue weighted by atomic mass is 9.92. The number of rotatable bonds is 5.